The first-order valence-corrected chi connectivity index (χ1v) is 6.58. The number of rotatable bonds is 5. The minimum absolute atomic E-state index is 0.614. The van der Waals surface area contributed by atoms with Gasteiger partial charge < -0.3 is 9.88 Å². The zero-order valence-electron chi connectivity index (χ0n) is 10.4. The molecule has 1 fully saturated rings. The van der Waals surface area contributed by atoms with E-state index in [1.54, 1.807) is 0 Å². The average molecular weight is 221 g/mol. The molecular weight excluding hydrogens is 198 g/mol. The fourth-order valence-corrected chi connectivity index (χ4v) is 2.78. The Morgan fingerprint density at radius 2 is 2.19 bits per heavy atom. The van der Waals surface area contributed by atoms with E-state index in [1.807, 2.05) is 12.5 Å². The minimum Gasteiger partial charge on any atom is -0.333 e. The maximum Gasteiger partial charge on any atom is 0.0949 e. The van der Waals surface area contributed by atoms with Gasteiger partial charge in [0.2, 0.25) is 0 Å². The first kappa shape index (κ1) is 11.6. The van der Waals surface area contributed by atoms with Gasteiger partial charge in [-0.05, 0) is 32.1 Å². The molecule has 0 radical (unpaired) electrons. The summed E-state index contributed by atoms with van der Waals surface area (Å²) in [6.07, 6.45) is 12.3. The van der Waals surface area contributed by atoms with E-state index < -0.39 is 0 Å². The van der Waals surface area contributed by atoms with Crippen LogP contribution in [0, 0.1) is 0 Å². The van der Waals surface area contributed by atoms with Crippen LogP contribution < -0.4 is 5.32 Å². The van der Waals surface area contributed by atoms with Crippen molar-refractivity contribution in [3.8, 4) is 0 Å². The molecule has 1 saturated carbocycles. The predicted octanol–water partition coefficient (Wildman–Crippen LogP) is 2.75. The number of imidazole rings is 1. The second-order valence-corrected chi connectivity index (χ2v) is 4.79. The van der Waals surface area contributed by atoms with Gasteiger partial charge in [0, 0.05) is 30.5 Å². The molecule has 3 heteroatoms. The highest BCUT2D eigenvalue weighted by molar-refractivity contribution is 4.92. The van der Waals surface area contributed by atoms with E-state index >= 15 is 0 Å². The molecule has 1 N–H and O–H groups in total. The highest BCUT2D eigenvalue weighted by Crippen LogP contribution is 2.30. The van der Waals surface area contributed by atoms with Gasteiger partial charge in [0.05, 0.1) is 6.33 Å². The molecule has 0 aromatic carbocycles. The number of aromatic nitrogens is 2. The van der Waals surface area contributed by atoms with Crippen LogP contribution in [0.4, 0.5) is 0 Å². The molecule has 1 aliphatic carbocycles. The van der Waals surface area contributed by atoms with Crippen LogP contribution >= 0.6 is 0 Å². The van der Waals surface area contributed by atoms with Gasteiger partial charge in [-0.3, -0.25) is 0 Å². The van der Waals surface area contributed by atoms with E-state index in [-0.39, 0.29) is 0 Å². The summed E-state index contributed by atoms with van der Waals surface area (Å²) in [5.74, 6) is 0. The smallest absolute Gasteiger partial charge is 0.0949 e. The molecule has 0 bridgehead atoms. The number of nitrogens with zero attached hydrogens (tertiary/aromatic N) is 2. The van der Waals surface area contributed by atoms with Crippen LogP contribution in [0.15, 0.2) is 18.7 Å². The van der Waals surface area contributed by atoms with E-state index in [9.17, 15) is 0 Å². The highest BCUT2D eigenvalue weighted by atomic mass is 15.1. The van der Waals surface area contributed by atoms with Gasteiger partial charge in [-0.2, -0.15) is 0 Å². The Hall–Kier alpha value is -0.830. The molecule has 2 rings (SSSR count). The van der Waals surface area contributed by atoms with Crippen molar-refractivity contribution >= 4 is 0 Å². The first-order chi connectivity index (χ1) is 7.85. The van der Waals surface area contributed by atoms with Gasteiger partial charge in [-0.15, -0.1) is 0 Å². The van der Waals surface area contributed by atoms with E-state index in [0.29, 0.717) is 18.1 Å². The Bertz CT molecular complexity index is 290. The lowest BCUT2D eigenvalue weighted by Gasteiger charge is -2.26. The summed E-state index contributed by atoms with van der Waals surface area (Å²) in [5.41, 5.74) is 0. The van der Waals surface area contributed by atoms with Gasteiger partial charge in [0.1, 0.15) is 0 Å². The van der Waals surface area contributed by atoms with Crippen LogP contribution in [0.5, 0.6) is 0 Å². The van der Waals surface area contributed by atoms with Crippen molar-refractivity contribution in [2.45, 2.75) is 64.1 Å². The second-order valence-electron chi connectivity index (χ2n) is 4.79. The molecule has 90 valence electrons. The third-order valence-electron chi connectivity index (χ3n) is 3.82. The number of hydrogen-bond donors (Lipinski definition) is 1. The lowest BCUT2D eigenvalue weighted by Crippen LogP contribution is -2.40. The molecule has 2 atom stereocenters. The quantitative estimate of drug-likeness (QED) is 0.828. The molecule has 3 nitrogen and oxygen atoms in total. The molecule has 0 amide bonds. The Balaban J connectivity index is 1.98. The summed E-state index contributed by atoms with van der Waals surface area (Å²) in [5, 5.41) is 3.81. The zero-order chi connectivity index (χ0) is 11.4. The van der Waals surface area contributed by atoms with Crippen LogP contribution in [0.25, 0.3) is 0 Å². The molecular formula is C13H23N3. The monoisotopic (exact) mass is 221 g/mol. The second kappa shape index (κ2) is 5.48. The summed E-state index contributed by atoms with van der Waals surface area (Å²) >= 11 is 0. The normalized spacial score (nSPS) is 25.4. The molecule has 2 unspecified atom stereocenters. The van der Waals surface area contributed by atoms with Gasteiger partial charge >= 0.3 is 0 Å². The summed E-state index contributed by atoms with van der Waals surface area (Å²) in [7, 11) is 0. The van der Waals surface area contributed by atoms with Gasteiger partial charge in [0.25, 0.3) is 0 Å². The largest absolute Gasteiger partial charge is 0.333 e. The van der Waals surface area contributed by atoms with Crippen LogP contribution in [0.2, 0.25) is 0 Å². The average Bonchev–Trinajstić information content (AvgIpc) is 2.95. The van der Waals surface area contributed by atoms with Crippen LogP contribution in [-0.4, -0.2) is 21.6 Å². The third kappa shape index (κ3) is 2.46. The predicted molar refractivity (Wildman–Crippen MR) is 66.4 cm³/mol. The van der Waals surface area contributed by atoms with Crippen molar-refractivity contribution in [2.75, 3.05) is 0 Å². The Morgan fingerprint density at radius 1 is 1.38 bits per heavy atom. The van der Waals surface area contributed by atoms with Crippen molar-refractivity contribution in [1.82, 2.24) is 14.9 Å². The molecule has 1 heterocycles. The fourth-order valence-electron chi connectivity index (χ4n) is 2.78. The molecule has 1 aliphatic rings. The summed E-state index contributed by atoms with van der Waals surface area (Å²) in [6, 6.07) is 1.93. The van der Waals surface area contributed by atoms with Gasteiger partial charge in [-0.25, -0.2) is 4.98 Å². The molecule has 0 aliphatic heterocycles. The van der Waals surface area contributed by atoms with Crippen molar-refractivity contribution < 1.29 is 0 Å². The highest BCUT2D eigenvalue weighted by Gasteiger charge is 2.29. The SMILES string of the molecule is CCC(CC)NC1CCCC1n1ccnc1. The molecule has 0 saturated heterocycles. The first-order valence-electron chi connectivity index (χ1n) is 6.58. The molecule has 0 spiro atoms. The Kier molecular flexibility index (Phi) is 3.99. The molecule has 1 aromatic heterocycles. The van der Waals surface area contributed by atoms with Crippen LogP contribution in [-0.2, 0) is 0 Å². The lowest BCUT2D eigenvalue weighted by atomic mass is 10.1. The Morgan fingerprint density at radius 3 is 2.81 bits per heavy atom. The molecule has 1 aromatic rings. The number of hydrogen-bond acceptors (Lipinski definition) is 2. The third-order valence-corrected chi connectivity index (χ3v) is 3.82. The van der Waals surface area contributed by atoms with Crippen molar-refractivity contribution in [3.63, 3.8) is 0 Å². The summed E-state index contributed by atoms with van der Waals surface area (Å²) in [4.78, 5) is 4.16. The number of nitrogens with one attached hydrogen (secondary N) is 1. The van der Waals surface area contributed by atoms with Crippen molar-refractivity contribution in [2.24, 2.45) is 0 Å². The van der Waals surface area contributed by atoms with E-state index in [0.717, 1.165) is 0 Å². The summed E-state index contributed by atoms with van der Waals surface area (Å²) in [6.45, 7) is 4.53. The van der Waals surface area contributed by atoms with Crippen LogP contribution in [0.3, 0.4) is 0 Å². The van der Waals surface area contributed by atoms with Crippen molar-refractivity contribution in [1.29, 1.82) is 0 Å². The molecule has 16 heavy (non-hydrogen) atoms. The lowest BCUT2D eigenvalue weighted by molar-refractivity contribution is 0.340. The summed E-state index contributed by atoms with van der Waals surface area (Å²) < 4.78 is 2.27. The standard InChI is InChI=1S/C13H23N3/c1-3-11(4-2)15-12-6-5-7-13(12)16-9-8-14-10-16/h8-13,15H,3-7H2,1-2H3. The van der Waals surface area contributed by atoms with Crippen LogP contribution in [0.1, 0.15) is 52.0 Å². The van der Waals surface area contributed by atoms with E-state index in [1.165, 1.54) is 32.1 Å². The maximum absolute atomic E-state index is 4.16. The van der Waals surface area contributed by atoms with Gasteiger partial charge in [-0.1, -0.05) is 13.8 Å². The van der Waals surface area contributed by atoms with E-state index in [4.69, 9.17) is 0 Å². The zero-order valence-corrected chi connectivity index (χ0v) is 10.4. The maximum atomic E-state index is 4.16. The van der Waals surface area contributed by atoms with Crippen molar-refractivity contribution in [3.05, 3.63) is 18.7 Å². The minimum atomic E-state index is 0.614. The topological polar surface area (TPSA) is 29.9 Å². The Labute approximate surface area is 98.3 Å². The van der Waals surface area contributed by atoms with Gasteiger partial charge in [0.15, 0.2) is 0 Å². The fraction of sp³-hybridized carbons (Fsp3) is 0.769. The van der Waals surface area contributed by atoms with E-state index in [2.05, 4.69) is 34.9 Å².